The van der Waals surface area contributed by atoms with Crippen molar-refractivity contribution in [2.45, 2.75) is 38.8 Å². The van der Waals surface area contributed by atoms with Crippen LogP contribution in [-0.4, -0.2) is 45.2 Å². The highest BCUT2D eigenvalue weighted by Gasteiger charge is 2.38. The van der Waals surface area contributed by atoms with E-state index in [9.17, 15) is 24.5 Å². The molecule has 1 unspecified atom stereocenters. The lowest BCUT2D eigenvalue weighted by atomic mass is 10.1. The first-order valence-electron chi connectivity index (χ1n) is 8.63. The molecule has 1 saturated heterocycles. The van der Waals surface area contributed by atoms with Crippen molar-refractivity contribution in [2.75, 3.05) is 6.54 Å². The fourth-order valence-electron chi connectivity index (χ4n) is 3.00. The van der Waals surface area contributed by atoms with Crippen molar-refractivity contribution in [3.8, 4) is 0 Å². The maximum Gasteiger partial charge on any atom is 0.274 e. The van der Waals surface area contributed by atoms with Gasteiger partial charge >= 0.3 is 0 Å². The maximum atomic E-state index is 12.7. The Balaban J connectivity index is 2.16. The lowest BCUT2D eigenvalue weighted by molar-refractivity contribution is -0.385. The van der Waals surface area contributed by atoms with Gasteiger partial charge < -0.3 is 5.32 Å². The molecule has 1 aliphatic rings. The molecule has 9 heteroatoms. The summed E-state index contributed by atoms with van der Waals surface area (Å²) in [4.78, 5) is 47.4. The zero-order valence-electron chi connectivity index (χ0n) is 15.1. The van der Waals surface area contributed by atoms with E-state index in [1.54, 1.807) is 25.1 Å². The number of benzene rings is 1. The summed E-state index contributed by atoms with van der Waals surface area (Å²) in [6.07, 6.45) is 2.08. The third-order valence-corrected chi connectivity index (χ3v) is 4.29. The molecule has 1 heterocycles. The summed E-state index contributed by atoms with van der Waals surface area (Å²) in [5, 5.41) is 16.2. The minimum absolute atomic E-state index is 0.0314. The monoisotopic (exact) mass is 374 g/mol. The smallest absolute Gasteiger partial charge is 0.274 e. The Kier molecular flexibility index (Phi) is 6.78. The molecule has 1 aliphatic heterocycles. The minimum atomic E-state index is -0.781. The molecule has 144 valence electrons. The first kappa shape index (κ1) is 20.2. The Hall–Kier alpha value is -3.07. The molecule has 1 fully saturated rings. The van der Waals surface area contributed by atoms with Crippen molar-refractivity contribution >= 4 is 23.4 Å². The van der Waals surface area contributed by atoms with Crippen LogP contribution < -0.4 is 5.32 Å². The van der Waals surface area contributed by atoms with Crippen LogP contribution in [0, 0.1) is 10.1 Å². The predicted octanol–water partition coefficient (Wildman–Crippen LogP) is 1.54. The minimum Gasteiger partial charge on any atom is -0.350 e. The molecular formula is C18H22N4O5. The van der Waals surface area contributed by atoms with Crippen molar-refractivity contribution < 1.29 is 19.3 Å². The number of imide groups is 1. The van der Waals surface area contributed by atoms with Gasteiger partial charge in [0.25, 0.3) is 5.69 Å². The van der Waals surface area contributed by atoms with Crippen molar-refractivity contribution in [2.24, 2.45) is 0 Å². The topological polar surface area (TPSA) is 113 Å². The summed E-state index contributed by atoms with van der Waals surface area (Å²) in [5.41, 5.74) is 0.285. The van der Waals surface area contributed by atoms with Crippen LogP contribution in [-0.2, 0) is 20.9 Å². The van der Waals surface area contributed by atoms with E-state index in [0.29, 0.717) is 12.0 Å². The lowest BCUT2D eigenvalue weighted by Gasteiger charge is -2.34. The van der Waals surface area contributed by atoms with E-state index in [1.807, 2.05) is 0 Å². The molecule has 0 aromatic heterocycles. The highest BCUT2D eigenvalue weighted by Crippen LogP contribution is 2.20. The van der Waals surface area contributed by atoms with E-state index in [1.165, 1.54) is 17.2 Å². The highest BCUT2D eigenvalue weighted by atomic mass is 16.6. The molecule has 1 aromatic carbocycles. The van der Waals surface area contributed by atoms with Gasteiger partial charge in [0.1, 0.15) is 6.04 Å². The van der Waals surface area contributed by atoms with E-state index in [-0.39, 0.29) is 43.4 Å². The second-order valence-electron chi connectivity index (χ2n) is 6.04. The average molecular weight is 374 g/mol. The number of hydrazine groups is 1. The van der Waals surface area contributed by atoms with Gasteiger partial charge in [0.05, 0.1) is 4.92 Å². The molecule has 1 aromatic rings. The molecule has 27 heavy (non-hydrogen) atoms. The van der Waals surface area contributed by atoms with Crippen molar-refractivity contribution in [1.82, 2.24) is 15.3 Å². The number of nitro benzene ring substituents is 1. The number of nitro groups is 1. The molecule has 0 spiro atoms. The molecule has 0 radical (unpaired) electrons. The van der Waals surface area contributed by atoms with Gasteiger partial charge in [-0.3, -0.25) is 24.5 Å². The molecule has 0 saturated carbocycles. The molecule has 0 bridgehead atoms. The van der Waals surface area contributed by atoms with Crippen LogP contribution in [0.25, 0.3) is 0 Å². The summed E-state index contributed by atoms with van der Waals surface area (Å²) >= 11 is 0. The van der Waals surface area contributed by atoms with Crippen LogP contribution in [0.5, 0.6) is 0 Å². The first-order chi connectivity index (χ1) is 12.9. The second kappa shape index (κ2) is 9.04. The quantitative estimate of drug-likeness (QED) is 0.304. The number of rotatable bonds is 9. The third-order valence-electron chi connectivity index (χ3n) is 4.29. The Labute approximate surface area is 156 Å². The van der Waals surface area contributed by atoms with Crippen molar-refractivity contribution in [3.05, 3.63) is 52.6 Å². The van der Waals surface area contributed by atoms with Gasteiger partial charge in [-0.2, -0.15) is 5.01 Å². The normalized spacial score (nSPS) is 15.1. The van der Waals surface area contributed by atoms with Crippen LogP contribution in [0.1, 0.15) is 31.7 Å². The number of para-hydroxylation sites is 1. The Bertz CT molecular complexity index is 748. The molecule has 0 aliphatic carbocycles. The summed E-state index contributed by atoms with van der Waals surface area (Å²) in [7, 11) is 0. The number of carbonyl (C=O) groups excluding carboxylic acids is 3. The number of nitrogens with zero attached hydrogens (tertiary/aromatic N) is 3. The average Bonchev–Trinajstić information content (AvgIpc) is 2.98. The number of hydrogen-bond acceptors (Lipinski definition) is 6. The summed E-state index contributed by atoms with van der Waals surface area (Å²) in [6.45, 7) is 5.50. The number of amides is 3. The summed E-state index contributed by atoms with van der Waals surface area (Å²) in [6, 6.07) is 5.35. The zero-order chi connectivity index (χ0) is 20.0. The third kappa shape index (κ3) is 4.56. The number of carbonyl (C=O) groups is 3. The zero-order valence-corrected chi connectivity index (χ0v) is 15.1. The predicted molar refractivity (Wildman–Crippen MR) is 97.0 cm³/mol. The number of nitrogens with one attached hydrogen (secondary N) is 1. The molecule has 2 rings (SSSR count). The van der Waals surface area contributed by atoms with E-state index >= 15 is 0 Å². The van der Waals surface area contributed by atoms with Gasteiger partial charge in [0.15, 0.2) is 0 Å². The largest absolute Gasteiger partial charge is 0.350 e. The molecular weight excluding hydrogens is 352 g/mol. The molecule has 1 atom stereocenters. The van der Waals surface area contributed by atoms with Crippen LogP contribution in [0.4, 0.5) is 5.69 Å². The summed E-state index contributed by atoms with van der Waals surface area (Å²) in [5.74, 6) is -1.14. The van der Waals surface area contributed by atoms with Gasteiger partial charge in [-0.1, -0.05) is 31.2 Å². The fourth-order valence-corrected chi connectivity index (χ4v) is 3.00. The van der Waals surface area contributed by atoms with Crippen molar-refractivity contribution in [1.29, 1.82) is 0 Å². The Morgan fingerprint density at radius 2 is 2.00 bits per heavy atom. The fraction of sp³-hybridized carbons (Fsp3) is 0.389. The highest BCUT2D eigenvalue weighted by molar-refractivity contribution is 6.01. The van der Waals surface area contributed by atoms with Gasteiger partial charge in [0.2, 0.25) is 17.7 Å². The van der Waals surface area contributed by atoms with E-state index < -0.39 is 16.9 Å². The van der Waals surface area contributed by atoms with Gasteiger partial charge in [-0.05, 0) is 6.42 Å². The standard InChI is InChI=1S/C18H22N4O5/c1-3-11-20(21-16(23)9-10-17(21)24)14(4-2)18(25)19-12-13-7-5-6-8-15(13)22(26)27/h3,5-8,14H,1,4,9-12H2,2H3,(H,19,25). The summed E-state index contributed by atoms with van der Waals surface area (Å²) < 4.78 is 0. The van der Waals surface area contributed by atoms with Gasteiger partial charge in [0, 0.05) is 37.6 Å². The molecule has 3 amide bonds. The van der Waals surface area contributed by atoms with Crippen LogP contribution in [0.3, 0.4) is 0 Å². The van der Waals surface area contributed by atoms with Crippen molar-refractivity contribution in [3.63, 3.8) is 0 Å². The van der Waals surface area contributed by atoms with Crippen LogP contribution in [0.15, 0.2) is 36.9 Å². The van der Waals surface area contributed by atoms with Gasteiger partial charge in [-0.25, -0.2) is 5.01 Å². The van der Waals surface area contributed by atoms with Crippen LogP contribution >= 0.6 is 0 Å². The van der Waals surface area contributed by atoms with Crippen LogP contribution in [0.2, 0.25) is 0 Å². The van der Waals surface area contributed by atoms with E-state index in [0.717, 1.165) is 5.01 Å². The molecule has 9 nitrogen and oxygen atoms in total. The Morgan fingerprint density at radius 1 is 1.37 bits per heavy atom. The Morgan fingerprint density at radius 3 is 2.56 bits per heavy atom. The SMILES string of the molecule is C=CCN(C(CC)C(=O)NCc1ccccc1[N+](=O)[O-])N1C(=O)CCC1=O. The second-order valence-corrected chi connectivity index (χ2v) is 6.04. The van der Waals surface area contributed by atoms with E-state index in [2.05, 4.69) is 11.9 Å². The van der Waals surface area contributed by atoms with Gasteiger partial charge in [-0.15, -0.1) is 6.58 Å². The first-order valence-corrected chi connectivity index (χ1v) is 8.63. The van der Waals surface area contributed by atoms with E-state index in [4.69, 9.17) is 0 Å². The number of hydrogen-bond donors (Lipinski definition) is 1. The maximum absolute atomic E-state index is 12.7. The lowest BCUT2D eigenvalue weighted by Crippen LogP contribution is -2.56. The molecule has 1 N–H and O–H groups in total.